The van der Waals surface area contributed by atoms with Crippen LogP contribution in [-0.4, -0.2) is 50.1 Å². The number of amides is 1. The van der Waals surface area contributed by atoms with Gasteiger partial charge in [-0.3, -0.25) is 4.79 Å². The number of nitrogens with zero attached hydrogens (tertiary/aromatic N) is 5. The van der Waals surface area contributed by atoms with Gasteiger partial charge in [-0.05, 0) is 53.3 Å². The van der Waals surface area contributed by atoms with Gasteiger partial charge in [-0.1, -0.05) is 32.9 Å². The van der Waals surface area contributed by atoms with Crippen LogP contribution in [0.3, 0.4) is 0 Å². The summed E-state index contributed by atoms with van der Waals surface area (Å²) >= 11 is 0. The maximum atomic E-state index is 13.1. The average Bonchev–Trinajstić information content (AvgIpc) is 3.32. The third-order valence-electron chi connectivity index (χ3n) is 5.34. The number of hydrogen-bond acceptors (Lipinski definition) is 5. The summed E-state index contributed by atoms with van der Waals surface area (Å²) in [6.45, 7) is 10.2. The van der Waals surface area contributed by atoms with Crippen molar-refractivity contribution in [2.75, 3.05) is 13.2 Å². The molecule has 3 aromatic rings. The first-order valence-electron chi connectivity index (χ1n) is 10.3. The number of aryl methyl sites for hydroxylation is 1. The zero-order chi connectivity index (χ0) is 20.6. The summed E-state index contributed by atoms with van der Waals surface area (Å²) in [7, 11) is 0. The summed E-state index contributed by atoms with van der Waals surface area (Å²) < 4.78 is 7.59. The van der Waals surface area contributed by atoms with Crippen LogP contribution < -0.4 is 0 Å². The molecule has 1 fully saturated rings. The van der Waals surface area contributed by atoms with Crippen molar-refractivity contribution in [1.82, 2.24) is 24.9 Å². The highest BCUT2D eigenvalue weighted by Crippen LogP contribution is 2.25. The predicted octanol–water partition coefficient (Wildman–Crippen LogP) is 3.53. The Bertz CT molecular complexity index is 1030. The summed E-state index contributed by atoms with van der Waals surface area (Å²) in [4.78, 5) is 15.1. The van der Waals surface area contributed by atoms with E-state index >= 15 is 0 Å². The van der Waals surface area contributed by atoms with Crippen LogP contribution in [0.25, 0.3) is 16.6 Å². The molecule has 154 valence electrons. The molecular formula is C22H29N5O2. The number of tetrazole rings is 1. The van der Waals surface area contributed by atoms with E-state index in [1.54, 1.807) is 4.52 Å². The molecule has 0 bridgehead atoms. The molecule has 2 aromatic heterocycles. The fourth-order valence-corrected chi connectivity index (χ4v) is 3.94. The predicted molar refractivity (Wildman–Crippen MR) is 111 cm³/mol. The maximum absolute atomic E-state index is 13.1. The maximum Gasteiger partial charge on any atom is 0.223 e. The molecule has 29 heavy (non-hydrogen) atoms. The van der Waals surface area contributed by atoms with E-state index < -0.39 is 0 Å². The highest BCUT2D eigenvalue weighted by Gasteiger charge is 2.27. The number of fused-ring (bicyclic) bond motifs is 3. The molecule has 1 aliphatic rings. The molecule has 0 saturated carbocycles. The molecule has 7 nitrogen and oxygen atoms in total. The number of carbonyl (C=O) groups is 1. The van der Waals surface area contributed by atoms with Gasteiger partial charge < -0.3 is 9.64 Å². The van der Waals surface area contributed by atoms with Crippen molar-refractivity contribution < 1.29 is 9.53 Å². The van der Waals surface area contributed by atoms with Crippen LogP contribution in [0.2, 0.25) is 0 Å². The van der Waals surface area contributed by atoms with Gasteiger partial charge in [0.15, 0.2) is 5.65 Å². The molecule has 7 heteroatoms. The summed E-state index contributed by atoms with van der Waals surface area (Å²) in [5.74, 6) is 0.141. The van der Waals surface area contributed by atoms with Crippen LogP contribution >= 0.6 is 0 Å². The lowest BCUT2D eigenvalue weighted by atomic mass is 9.91. The summed E-state index contributed by atoms with van der Waals surface area (Å²) in [5.41, 5.74) is 3.71. The standard InChI is InChI=1S/C22H29N5O2/c1-15-7-8-16-11-17(21-23-24-25-27(21)19(16)10-15)13-26(14-18-6-5-9-29-18)20(28)12-22(2,3)4/h7-8,10-11,18H,5-6,9,12-14H2,1-4H3/t18-/m0/s1. The first kappa shape index (κ1) is 19.8. The van der Waals surface area contributed by atoms with E-state index in [2.05, 4.69) is 67.5 Å². The van der Waals surface area contributed by atoms with Gasteiger partial charge in [-0.15, -0.1) is 5.10 Å². The van der Waals surface area contributed by atoms with Crippen molar-refractivity contribution >= 4 is 22.5 Å². The Labute approximate surface area is 171 Å². The largest absolute Gasteiger partial charge is 0.376 e. The molecule has 1 amide bonds. The second-order valence-electron chi connectivity index (χ2n) is 9.29. The monoisotopic (exact) mass is 395 g/mol. The molecule has 0 spiro atoms. The Morgan fingerprint density at radius 1 is 1.31 bits per heavy atom. The fourth-order valence-electron chi connectivity index (χ4n) is 3.94. The topological polar surface area (TPSA) is 72.6 Å². The first-order chi connectivity index (χ1) is 13.8. The van der Waals surface area contributed by atoms with Crippen molar-refractivity contribution in [3.05, 3.63) is 35.4 Å². The minimum atomic E-state index is -0.0709. The minimum absolute atomic E-state index is 0.0709. The molecule has 1 saturated heterocycles. The SMILES string of the molecule is Cc1ccc2cc(CN(C[C@@H]3CCCO3)C(=O)CC(C)(C)C)c3nnnn3c2c1. The van der Waals surface area contributed by atoms with Crippen LogP contribution in [0.15, 0.2) is 24.3 Å². The Morgan fingerprint density at radius 3 is 2.86 bits per heavy atom. The van der Waals surface area contributed by atoms with Crippen molar-refractivity contribution in [2.45, 2.75) is 59.6 Å². The van der Waals surface area contributed by atoms with Crippen molar-refractivity contribution in [3.63, 3.8) is 0 Å². The molecule has 0 unspecified atom stereocenters. The average molecular weight is 396 g/mol. The highest BCUT2D eigenvalue weighted by atomic mass is 16.5. The van der Waals surface area contributed by atoms with Crippen LogP contribution in [0.4, 0.5) is 0 Å². The van der Waals surface area contributed by atoms with Crippen molar-refractivity contribution in [2.24, 2.45) is 5.41 Å². The number of rotatable bonds is 5. The molecule has 0 radical (unpaired) electrons. The van der Waals surface area contributed by atoms with Gasteiger partial charge in [0.1, 0.15) is 0 Å². The van der Waals surface area contributed by atoms with E-state index in [0.717, 1.165) is 41.5 Å². The van der Waals surface area contributed by atoms with E-state index in [-0.39, 0.29) is 17.4 Å². The van der Waals surface area contributed by atoms with Gasteiger partial charge in [0.25, 0.3) is 0 Å². The number of hydrogen-bond donors (Lipinski definition) is 0. The van der Waals surface area contributed by atoms with E-state index in [9.17, 15) is 4.79 Å². The van der Waals surface area contributed by atoms with Crippen LogP contribution in [-0.2, 0) is 16.1 Å². The van der Waals surface area contributed by atoms with Gasteiger partial charge in [-0.2, -0.15) is 4.52 Å². The van der Waals surface area contributed by atoms with Gasteiger partial charge in [0, 0.05) is 37.1 Å². The van der Waals surface area contributed by atoms with Gasteiger partial charge in [-0.25, -0.2) is 0 Å². The summed E-state index contributed by atoms with van der Waals surface area (Å²) in [6.07, 6.45) is 2.65. The van der Waals surface area contributed by atoms with Crippen molar-refractivity contribution in [1.29, 1.82) is 0 Å². The third kappa shape index (κ3) is 4.40. The van der Waals surface area contributed by atoms with Crippen LogP contribution in [0.5, 0.6) is 0 Å². The van der Waals surface area contributed by atoms with E-state index in [0.29, 0.717) is 25.2 Å². The Balaban J connectivity index is 1.70. The zero-order valence-corrected chi connectivity index (χ0v) is 17.7. The van der Waals surface area contributed by atoms with E-state index in [4.69, 9.17) is 4.74 Å². The third-order valence-corrected chi connectivity index (χ3v) is 5.34. The quantitative estimate of drug-likeness (QED) is 0.661. The van der Waals surface area contributed by atoms with Gasteiger partial charge in [0.2, 0.25) is 5.91 Å². The Hall–Kier alpha value is -2.54. The van der Waals surface area contributed by atoms with Crippen LogP contribution in [0.1, 0.15) is 51.2 Å². The Morgan fingerprint density at radius 2 is 2.14 bits per heavy atom. The molecule has 0 N–H and O–H groups in total. The molecule has 1 aromatic carbocycles. The summed E-state index contributed by atoms with van der Waals surface area (Å²) in [6, 6.07) is 8.35. The zero-order valence-electron chi connectivity index (χ0n) is 17.7. The number of ether oxygens (including phenoxy) is 1. The molecule has 3 heterocycles. The first-order valence-corrected chi connectivity index (χ1v) is 10.3. The van der Waals surface area contributed by atoms with Gasteiger partial charge in [0.05, 0.1) is 11.6 Å². The number of aromatic nitrogens is 4. The molecule has 1 atom stereocenters. The van der Waals surface area contributed by atoms with E-state index in [1.165, 1.54) is 0 Å². The molecule has 1 aliphatic heterocycles. The molecular weight excluding hydrogens is 366 g/mol. The smallest absolute Gasteiger partial charge is 0.223 e. The molecule has 0 aliphatic carbocycles. The normalized spacial score (nSPS) is 17.3. The number of pyridine rings is 1. The lowest BCUT2D eigenvalue weighted by Gasteiger charge is -2.29. The highest BCUT2D eigenvalue weighted by molar-refractivity contribution is 5.84. The summed E-state index contributed by atoms with van der Waals surface area (Å²) in [5, 5.41) is 13.4. The van der Waals surface area contributed by atoms with E-state index in [1.807, 2.05) is 4.90 Å². The number of benzene rings is 1. The van der Waals surface area contributed by atoms with Gasteiger partial charge >= 0.3 is 0 Å². The lowest BCUT2D eigenvalue weighted by Crippen LogP contribution is -2.38. The molecule has 4 rings (SSSR count). The minimum Gasteiger partial charge on any atom is -0.376 e. The van der Waals surface area contributed by atoms with Crippen LogP contribution in [0, 0.1) is 12.3 Å². The fraction of sp³-hybridized carbons (Fsp3) is 0.545. The Kier molecular flexibility index (Phi) is 5.25. The van der Waals surface area contributed by atoms with Crippen molar-refractivity contribution in [3.8, 4) is 0 Å². The second kappa shape index (κ2) is 7.71. The second-order valence-corrected chi connectivity index (χ2v) is 9.29. The lowest BCUT2D eigenvalue weighted by molar-refractivity contribution is -0.135. The number of carbonyl (C=O) groups excluding carboxylic acids is 1.